The minimum atomic E-state index is -0.372. The van der Waals surface area contributed by atoms with E-state index in [-0.39, 0.29) is 5.60 Å². The Bertz CT molecular complexity index is 179. The van der Waals surface area contributed by atoms with Crippen LogP contribution in [0.15, 0.2) is 0 Å². The van der Waals surface area contributed by atoms with Crippen LogP contribution in [0.5, 0.6) is 0 Å². The van der Waals surface area contributed by atoms with Crippen LogP contribution >= 0.6 is 0 Å². The Kier molecular flexibility index (Phi) is 3.13. The van der Waals surface area contributed by atoms with Crippen LogP contribution in [0.1, 0.15) is 51.4 Å². The molecule has 2 fully saturated rings. The maximum atomic E-state index is 10.2. The molecule has 0 spiro atoms. The van der Waals surface area contributed by atoms with E-state index in [1.165, 1.54) is 32.1 Å². The zero-order chi connectivity index (χ0) is 10.0. The van der Waals surface area contributed by atoms with Gasteiger partial charge in [-0.05, 0) is 12.3 Å². The highest BCUT2D eigenvalue weighted by molar-refractivity contribution is 4.96. The van der Waals surface area contributed by atoms with E-state index in [9.17, 15) is 5.11 Å². The van der Waals surface area contributed by atoms with Crippen molar-refractivity contribution in [2.75, 3.05) is 7.11 Å². The monoisotopic (exact) mass is 198 g/mol. The third-order valence-electron chi connectivity index (χ3n) is 3.94. The molecule has 0 aromatic heterocycles. The predicted octanol–water partition coefficient (Wildman–Crippen LogP) is 2.50. The van der Waals surface area contributed by atoms with Crippen molar-refractivity contribution >= 4 is 0 Å². The van der Waals surface area contributed by atoms with E-state index < -0.39 is 0 Å². The van der Waals surface area contributed by atoms with Crippen molar-refractivity contribution in [2.24, 2.45) is 5.92 Å². The second kappa shape index (κ2) is 4.19. The lowest BCUT2D eigenvalue weighted by atomic mass is 9.70. The first kappa shape index (κ1) is 10.4. The molecule has 0 unspecified atom stereocenters. The Morgan fingerprint density at radius 3 is 2.43 bits per heavy atom. The molecule has 1 N–H and O–H groups in total. The van der Waals surface area contributed by atoms with E-state index in [2.05, 4.69) is 0 Å². The SMILES string of the molecule is COC1CC(O)(CC2CCCCC2)C1. The quantitative estimate of drug-likeness (QED) is 0.755. The van der Waals surface area contributed by atoms with Gasteiger partial charge in [0.1, 0.15) is 0 Å². The van der Waals surface area contributed by atoms with Gasteiger partial charge < -0.3 is 9.84 Å². The molecule has 0 aromatic rings. The van der Waals surface area contributed by atoms with Crippen LogP contribution in [0.3, 0.4) is 0 Å². The first-order valence-corrected chi connectivity index (χ1v) is 5.97. The van der Waals surface area contributed by atoms with E-state index in [1.54, 1.807) is 7.11 Å². The average molecular weight is 198 g/mol. The number of aliphatic hydroxyl groups is 1. The fourth-order valence-corrected chi connectivity index (χ4v) is 3.05. The zero-order valence-electron chi connectivity index (χ0n) is 9.17. The van der Waals surface area contributed by atoms with Gasteiger partial charge in [0.15, 0.2) is 0 Å². The molecule has 82 valence electrons. The van der Waals surface area contributed by atoms with Crippen molar-refractivity contribution in [2.45, 2.75) is 63.1 Å². The molecule has 0 bridgehead atoms. The first-order chi connectivity index (χ1) is 6.72. The molecule has 0 atom stereocenters. The molecule has 0 amide bonds. The Labute approximate surface area is 86.6 Å². The smallest absolute Gasteiger partial charge is 0.0699 e. The summed E-state index contributed by atoms with van der Waals surface area (Å²) in [4.78, 5) is 0. The Morgan fingerprint density at radius 1 is 1.21 bits per heavy atom. The maximum Gasteiger partial charge on any atom is 0.0699 e. The summed E-state index contributed by atoms with van der Waals surface area (Å²) in [6.45, 7) is 0. The van der Waals surface area contributed by atoms with Crippen LogP contribution in [0.25, 0.3) is 0 Å². The lowest BCUT2D eigenvalue weighted by Gasteiger charge is -2.45. The molecular weight excluding hydrogens is 176 g/mol. The number of rotatable bonds is 3. The number of hydrogen-bond donors (Lipinski definition) is 1. The van der Waals surface area contributed by atoms with Crippen molar-refractivity contribution in [3.05, 3.63) is 0 Å². The predicted molar refractivity (Wildman–Crippen MR) is 56.2 cm³/mol. The molecule has 2 aliphatic carbocycles. The lowest BCUT2D eigenvalue weighted by molar-refractivity contribution is -0.139. The van der Waals surface area contributed by atoms with Gasteiger partial charge in [0.2, 0.25) is 0 Å². The highest BCUT2D eigenvalue weighted by Crippen LogP contribution is 2.42. The lowest BCUT2D eigenvalue weighted by Crippen LogP contribution is -2.49. The van der Waals surface area contributed by atoms with Crippen LogP contribution in [-0.2, 0) is 4.74 Å². The second-order valence-corrected chi connectivity index (χ2v) is 5.20. The Morgan fingerprint density at radius 2 is 1.86 bits per heavy atom. The summed E-state index contributed by atoms with van der Waals surface area (Å²) in [5, 5.41) is 10.2. The van der Waals surface area contributed by atoms with Crippen LogP contribution in [-0.4, -0.2) is 23.9 Å². The van der Waals surface area contributed by atoms with E-state index in [1.807, 2.05) is 0 Å². The fraction of sp³-hybridized carbons (Fsp3) is 1.00. The number of methoxy groups -OCH3 is 1. The summed E-state index contributed by atoms with van der Waals surface area (Å²) in [6, 6.07) is 0. The molecule has 0 aliphatic heterocycles. The maximum absolute atomic E-state index is 10.2. The average Bonchev–Trinajstić information content (AvgIpc) is 2.15. The van der Waals surface area contributed by atoms with E-state index in [0.29, 0.717) is 6.10 Å². The Balaban J connectivity index is 1.74. The summed E-state index contributed by atoms with van der Waals surface area (Å²) in [7, 11) is 1.74. The summed E-state index contributed by atoms with van der Waals surface area (Å²) in [6.07, 6.45) is 9.87. The largest absolute Gasteiger partial charge is 0.390 e. The normalized spacial score (nSPS) is 39.4. The first-order valence-electron chi connectivity index (χ1n) is 5.97. The van der Waals surface area contributed by atoms with E-state index >= 15 is 0 Å². The topological polar surface area (TPSA) is 29.5 Å². The molecule has 0 aromatic carbocycles. The number of ether oxygens (including phenoxy) is 1. The van der Waals surface area contributed by atoms with Gasteiger partial charge in [0, 0.05) is 20.0 Å². The van der Waals surface area contributed by atoms with Gasteiger partial charge in [-0.1, -0.05) is 32.1 Å². The molecular formula is C12H22O2. The van der Waals surface area contributed by atoms with Crippen molar-refractivity contribution in [1.29, 1.82) is 0 Å². The summed E-state index contributed by atoms with van der Waals surface area (Å²) < 4.78 is 5.21. The van der Waals surface area contributed by atoms with Crippen molar-refractivity contribution in [3.8, 4) is 0 Å². The zero-order valence-corrected chi connectivity index (χ0v) is 9.17. The third kappa shape index (κ3) is 2.29. The molecule has 2 rings (SSSR count). The minimum Gasteiger partial charge on any atom is -0.390 e. The standard InChI is InChI=1S/C12H22O2/c1-14-11-8-12(13,9-11)7-10-5-3-2-4-6-10/h10-11,13H,2-9H2,1H3. The van der Waals surface area contributed by atoms with Gasteiger partial charge in [-0.3, -0.25) is 0 Å². The van der Waals surface area contributed by atoms with Crippen molar-refractivity contribution < 1.29 is 9.84 Å². The summed E-state index contributed by atoms with van der Waals surface area (Å²) in [5.41, 5.74) is -0.372. The fourth-order valence-electron chi connectivity index (χ4n) is 3.05. The summed E-state index contributed by atoms with van der Waals surface area (Å²) in [5.74, 6) is 0.784. The molecule has 0 saturated heterocycles. The van der Waals surface area contributed by atoms with Gasteiger partial charge in [0.05, 0.1) is 11.7 Å². The van der Waals surface area contributed by atoms with Crippen LogP contribution in [0.2, 0.25) is 0 Å². The molecule has 2 aliphatic rings. The Hall–Kier alpha value is -0.0800. The molecule has 0 radical (unpaired) electrons. The van der Waals surface area contributed by atoms with Crippen molar-refractivity contribution in [3.63, 3.8) is 0 Å². The van der Waals surface area contributed by atoms with Gasteiger partial charge in [-0.15, -0.1) is 0 Å². The highest BCUT2D eigenvalue weighted by Gasteiger charge is 2.44. The number of hydrogen-bond acceptors (Lipinski definition) is 2. The van der Waals surface area contributed by atoms with Crippen LogP contribution < -0.4 is 0 Å². The molecule has 2 saturated carbocycles. The van der Waals surface area contributed by atoms with Gasteiger partial charge in [-0.2, -0.15) is 0 Å². The second-order valence-electron chi connectivity index (χ2n) is 5.20. The molecule has 14 heavy (non-hydrogen) atoms. The van der Waals surface area contributed by atoms with Gasteiger partial charge in [-0.25, -0.2) is 0 Å². The van der Waals surface area contributed by atoms with Crippen molar-refractivity contribution in [1.82, 2.24) is 0 Å². The summed E-state index contributed by atoms with van der Waals surface area (Å²) >= 11 is 0. The van der Waals surface area contributed by atoms with E-state index in [0.717, 1.165) is 25.2 Å². The molecule has 2 heteroatoms. The van der Waals surface area contributed by atoms with Crippen LogP contribution in [0.4, 0.5) is 0 Å². The van der Waals surface area contributed by atoms with Gasteiger partial charge >= 0.3 is 0 Å². The van der Waals surface area contributed by atoms with E-state index in [4.69, 9.17) is 4.74 Å². The highest BCUT2D eigenvalue weighted by atomic mass is 16.5. The molecule has 2 nitrogen and oxygen atoms in total. The molecule has 0 heterocycles. The third-order valence-corrected chi connectivity index (χ3v) is 3.94. The van der Waals surface area contributed by atoms with Crippen LogP contribution in [0, 0.1) is 5.92 Å². The minimum absolute atomic E-state index is 0.323. The van der Waals surface area contributed by atoms with Gasteiger partial charge in [0.25, 0.3) is 0 Å².